The Morgan fingerprint density at radius 1 is 1.15 bits per heavy atom. The highest BCUT2D eigenvalue weighted by molar-refractivity contribution is 9.11. The van der Waals surface area contributed by atoms with Crippen molar-refractivity contribution in [3.05, 3.63) is 56.5 Å². The lowest BCUT2D eigenvalue weighted by atomic mass is 10.1. The van der Waals surface area contributed by atoms with Crippen molar-refractivity contribution in [2.24, 2.45) is 0 Å². The third kappa shape index (κ3) is 2.59. The lowest BCUT2D eigenvalue weighted by Crippen LogP contribution is -2.08. The topological polar surface area (TPSA) is 21.3 Å². The standard InChI is InChI=1S/C16H15Br2NO/c1-20-11-7-5-10-6-8-15(12(10)9-11)19-16-13(17)3-2-4-14(16)18/h2-5,7,9,15,19H,6,8H2,1H3. The molecule has 20 heavy (non-hydrogen) atoms. The van der Waals surface area contributed by atoms with Crippen LogP contribution in [0.3, 0.4) is 0 Å². The minimum atomic E-state index is 0.329. The van der Waals surface area contributed by atoms with Crippen molar-refractivity contribution in [2.45, 2.75) is 18.9 Å². The summed E-state index contributed by atoms with van der Waals surface area (Å²) in [6.07, 6.45) is 2.22. The van der Waals surface area contributed by atoms with Gasteiger partial charge in [0.05, 0.1) is 18.8 Å². The van der Waals surface area contributed by atoms with Crippen molar-refractivity contribution in [1.29, 1.82) is 0 Å². The van der Waals surface area contributed by atoms with Gasteiger partial charge >= 0.3 is 0 Å². The second kappa shape index (κ2) is 5.78. The van der Waals surface area contributed by atoms with Crippen LogP contribution in [-0.2, 0) is 6.42 Å². The summed E-state index contributed by atoms with van der Waals surface area (Å²) in [5, 5.41) is 3.64. The van der Waals surface area contributed by atoms with E-state index >= 15 is 0 Å². The van der Waals surface area contributed by atoms with Crippen LogP contribution in [0.2, 0.25) is 0 Å². The predicted octanol–water partition coefficient (Wildman–Crippen LogP) is 5.32. The summed E-state index contributed by atoms with van der Waals surface area (Å²) < 4.78 is 7.48. The Kier molecular flexibility index (Phi) is 4.03. The number of nitrogens with one attached hydrogen (secondary N) is 1. The maximum absolute atomic E-state index is 5.34. The molecule has 2 nitrogen and oxygen atoms in total. The summed E-state index contributed by atoms with van der Waals surface area (Å²) in [6, 6.07) is 12.8. The molecule has 0 amide bonds. The maximum atomic E-state index is 5.34. The van der Waals surface area contributed by atoms with Gasteiger partial charge in [-0.1, -0.05) is 12.1 Å². The third-order valence-corrected chi connectivity index (χ3v) is 5.03. The van der Waals surface area contributed by atoms with Crippen molar-refractivity contribution >= 4 is 37.5 Å². The van der Waals surface area contributed by atoms with Crippen molar-refractivity contribution in [1.82, 2.24) is 0 Å². The Balaban J connectivity index is 1.92. The Morgan fingerprint density at radius 2 is 1.90 bits per heavy atom. The lowest BCUT2D eigenvalue weighted by molar-refractivity contribution is 0.414. The largest absolute Gasteiger partial charge is 0.497 e. The molecular weight excluding hydrogens is 382 g/mol. The summed E-state index contributed by atoms with van der Waals surface area (Å²) in [5.41, 5.74) is 3.85. The zero-order chi connectivity index (χ0) is 14.1. The third-order valence-electron chi connectivity index (χ3n) is 3.71. The van der Waals surface area contributed by atoms with Crippen LogP contribution in [0.5, 0.6) is 5.75 Å². The molecular formula is C16H15Br2NO. The molecule has 0 spiro atoms. The van der Waals surface area contributed by atoms with Crippen LogP contribution in [0.1, 0.15) is 23.6 Å². The van der Waals surface area contributed by atoms with E-state index in [4.69, 9.17) is 4.74 Å². The molecule has 0 saturated carbocycles. The number of hydrogen-bond donors (Lipinski definition) is 1. The van der Waals surface area contributed by atoms with Gasteiger partial charge in [0.2, 0.25) is 0 Å². The summed E-state index contributed by atoms with van der Waals surface area (Å²) in [5.74, 6) is 0.920. The van der Waals surface area contributed by atoms with E-state index in [1.165, 1.54) is 11.1 Å². The smallest absolute Gasteiger partial charge is 0.119 e. The van der Waals surface area contributed by atoms with Crippen molar-refractivity contribution in [3.63, 3.8) is 0 Å². The molecule has 2 aromatic carbocycles. The average Bonchev–Trinajstić information content (AvgIpc) is 2.85. The quantitative estimate of drug-likeness (QED) is 0.757. The molecule has 4 heteroatoms. The van der Waals surface area contributed by atoms with E-state index in [1.54, 1.807) is 7.11 Å². The molecule has 2 aromatic rings. The molecule has 0 bridgehead atoms. The molecule has 3 rings (SSSR count). The molecule has 0 aliphatic heterocycles. The first-order valence-corrected chi connectivity index (χ1v) is 8.15. The van der Waals surface area contributed by atoms with E-state index in [0.29, 0.717) is 6.04 Å². The molecule has 0 heterocycles. The van der Waals surface area contributed by atoms with Crippen LogP contribution in [0.4, 0.5) is 5.69 Å². The lowest BCUT2D eigenvalue weighted by Gasteiger charge is -2.18. The molecule has 1 atom stereocenters. The highest BCUT2D eigenvalue weighted by Gasteiger charge is 2.24. The number of benzene rings is 2. The van der Waals surface area contributed by atoms with Gasteiger partial charge in [-0.2, -0.15) is 0 Å². The van der Waals surface area contributed by atoms with Gasteiger partial charge in [-0.3, -0.25) is 0 Å². The predicted molar refractivity (Wildman–Crippen MR) is 89.5 cm³/mol. The Hall–Kier alpha value is -1.000. The summed E-state index contributed by atoms with van der Waals surface area (Å²) >= 11 is 7.21. The van der Waals surface area contributed by atoms with Gasteiger partial charge < -0.3 is 10.1 Å². The number of anilines is 1. The fourth-order valence-electron chi connectivity index (χ4n) is 2.67. The average molecular weight is 397 g/mol. The fourth-order valence-corrected chi connectivity index (χ4v) is 3.89. The number of aryl methyl sites for hydroxylation is 1. The van der Waals surface area contributed by atoms with Crippen molar-refractivity contribution in [2.75, 3.05) is 12.4 Å². The monoisotopic (exact) mass is 395 g/mol. The van der Waals surface area contributed by atoms with Gasteiger partial charge in [-0.25, -0.2) is 0 Å². The highest BCUT2D eigenvalue weighted by atomic mass is 79.9. The van der Waals surface area contributed by atoms with Gasteiger partial charge in [-0.15, -0.1) is 0 Å². The molecule has 1 unspecified atom stereocenters. The summed E-state index contributed by atoms with van der Waals surface area (Å²) in [7, 11) is 1.71. The minimum Gasteiger partial charge on any atom is -0.497 e. The molecule has 104 valence electrons. The number of methoxy groups -OCH3 is 1. The van der Waals surface area contributed by atoms with Gasteiger partial charge in [0.25, 0.3) is 0 Å². The number of hydrogen-bond acceptors (Lipinski definition) is 2. The zero-order valence-corrected chi connectivity index (χ0v) is 14.3. The number of halogens is 2. The Labute approximate surface area is 135 Å². The normalized spacial score (nSPS) is 16.9. The minimum absolute atomic E-state index is 0.329. The summed E-state index contributed by atoms with van der Waals surface area (Å²) in [4.78, 5) is 0. The number of para-hydroxylation sites is 1. The SMILES string of the molecule is COc1ccc2c(c1)C(Nc1c(Br)cccc1Br)CC2. The van der Waals surface area contributed by atoms with Crippen LogP contribution in [0, 0.1) is 0 Å². The Bertz CT molecular complexity index is 622. The van der Waals surface area contributed by atoms with Crippen LogP contribution in [0.15, 0.2) is 45.3 Å². The molecule has 0 aromatic heterocycles. The first-order chi connectivity index (χ1) is 9.69. The van der Waals surface area contributed by atoms with E-state index in [1.807, 2.05) is 12.1 Å². The molecule has 1 aliphatic rings. The Morgan fingerprint density at radius 3 is 2.60 bits per heavy atom. The highest BCUT2D eigenvalue weighted by Crippen LogP contribution is 2.39. The molecule has 1 aliphatic carbocycles. The van der Waals surface area contributed by atoms with Crippen LogP contribution < -0.4 is 10.1 Å². The molecule has 0 radical (unpaired) electrons. The zero-order valence-electron chi connectivity index (χ0n) is 11.1. The molecule has 1 N–H and O–H groups in total. The fraction of sp³-hybridized carbons (Fsp3) is 0.250. The van der Waals surface area contributed by atoms with Gasteiger partial charge in [0.1, 0.15) is 5.75 Å². The van der Waals surface area contributed by atoms with Gasteiger partial charge in [0, 0.05) is 8.95 Å². The van der Waals surface area contributed by atoms with E-state index in [9.17, 15) is 0 Å². The van der Waals surface area contributed by atoms with Crippen LogP contribution in [0.25, 0.3) is 0 Å². The number of ether oxygens (including phenoxy) is 1. The van der Waals surface area contributed by atoms with Crippen molar-refractivity contribution < 1.29 is 4.74 Å². The van der Waals surface area contributed by atoms with Gasteiger partial charge in [-0.05, 0) is 80.1 Å². The number of rotatable bonds is 3. The molecule has 0 fully saturated rings. The first kappa shape index (κ1) is 14.0. The second-order valence-electron chi connectivity index (χ2n) is 4.90. The van der Waals surface area contributed by atoms with E-state index < -0.39 is 0 Å². The number of fused-ring (bicyclic) bond motifs is 1. The second-order valence-corrected chi connectivity index (χ2v) is 6.61. The van der Waals surface area contributed by atoms with Crippen LogP contribution in [-0.4, -0.2) is 7.11 Å². The van der Waals surface area contributed by atoms with Crippen molar-refractivity contribution in [3.8, 4) is 5.75 Å². The van der Waals surface area contributed by atoms with E-state index in [2.05, 4.69) is 61.4 Å². The molecule has 0 saturated heterocycles. The summed E-state index contributed by atoms with van der Waals surface area (Å²) in [6.45, 7) is 0. The van der Waals surface area contributed by atoms with E-state index in [-0.39, 0.29) is 0 Å². The van der Waals surface area contributed by atoms with Gasteiger partial charge in [0.15, 0.2) is 0 Å². The first-order valence-electron chi connectivity index (χ1n) is 6.56. The van der Waals surface area contributed by atoms with E-state index in [0.717, 1.165) is 33.2 Å². The maximum Gasteiger partial charge on any atom is 0.119 e. The van der Waals surface area contributed by atoms with Crippen LogP contribution >= 0.6 is 31.9 Å².